The molecule has 14 heteroatoms. The third-order valence-electron chi connectivity index (χ3n) is 8.08. The lowest BCUT2D eigenvalue weighted by Gasteiger charge is -2.16. The van der Waals surface area contributed by atoms with Crippen molar-refractivity contribution in [3.63, 3.8) is 0 Å². The van der Waals surface area contributed by atoms with Crippen LogP contribution < -0.4 is 20.7 Å². The van der Waals surface area contributed by atoms with Gasteiger partial charge in [0.15, 0.2) is 5.82 Å². The van der Waals surface area contributed by atoms with Crippen molar-refractivity contribution in [2.24, 2.45) is 7.05 Å². The Bertz CT molecular complexity index is 1870. The summed E-state index contributed by atoms with van der Waals surface area (Å²) in [6.07, 6.45) is 6.24. The molecule has 0 bridgehead atoms. The molecule has 5 aromatic rings. The number of ether oxygens (including phenoxy) is 1. The molecule has 2 aliphatic rings. The molecule has 1 aliphatic carbocycles. The van der Waals surface area contributed by atoms with Crippen LogP contribution in [0.15, 0.2) is 47.2 Å². The Morgan fingerprint density at radius 1 is 1.18 bits per heavy atom. The highest BCUT2D eigenvalue weighted by Gasteiger charge is 2.29. The van der Waals surface area contributed by atoms with Crippen LogP contribution in [-0.2, 0) is 11.8 Å². The Balaban J connectivity index is 0.985. The zero-order chi connectivity index (χ0) is 31.1. The first-order valence-corrected chi connectivity index (χ1v) is 15.0. The van der Waals surface area contributed by atoms with Crippen LogP contribution in [0.3, 0.4) is 0 Å². The third-order valence-corrected chi connectivity index (χ3v) is 8.08. The Hall–Kier alpha value is -5.24. The smallest absolute Gasteiger partial charge is 0.290 e. The van der Waals surface area contributed by atoms with Gasteiger partial charge in [-0.1, -0.05) is 12.1 Å². The Kier molecular flexibility index (Phi) is 7.41. The van der Waals surface area contributed by atoms with Gasteiger partial charge in [-0.3, -0.25) is 19.2 Å². The number of aromatic amines is 1. The predicted molar refractivity (Wildman–Crippen MR) is 166 cm³/mol. The number of benzene rings is 1. The molecule has 1 unspecified atom stereocenters. The number of amides is 2. The number of anilines is 3. The summed E-state index contributed by atoms with van der Waals surface area (Å²) in [5.74, 6) is 1.12. The van der Waals surface area contributed by atoms with Gasteiger partial charge >= 0.3 is 0 Å². The molecule has 232 valence electrons. The van der Waals surface area contributed by atoms with E-state index in [1.54, 1.807) is 10.9 Å². The number of aromatic nitrogens is 6. The maximum atomic E-state index is 13.1. The van der Waals surface area contributed by atoms with Crippen molar-refractivity contribution in [1.82, 2.24) is 40.1 Å². The van der Waals surface area contributed by atoms with Gasteiger partial charge < -0.3 is 30.2 Å². The molecule has 14 nitrogen and oxygen atoms in total. The zero-order valence-electron chi connectivity index (χ0n) is 25.3. The van der Waals surface area contributed by atoms with E-state index in [2.05, 4.69) is 36.2 Å². The molecule has 2 amide bonds. The van der Waals surface area contributed by atoms with Gasteiger partial charge in [-0.25, -0.2) is 9.97 Å². The molecule has 1 aliphatic heterocycles. The summed E-state index contributed by atoms with van der Waals surface area (Å²) >= 11 is 0. The van der Waals surface area contributed by atoms with Crippen LogP contribution in [0.25, 0.3) is 22.2 Å². The number of fused-ring (bicyclic) bond motifs is 1. The molecule has 1 aromatic carbocycles. The molecule has 4 aromatic heterocycles. The van der Waals surface area contributed by atoms with E-state index in [0.29, 0.717) is 30.5 Å². The van der Waals surface area contributed by atoms with Crippen molar-refractivity contribution < 1.29 is 18.8 Å². The quantitative estimate of drug-likeness (QED) is 0.183. The number of rotatable bonds is 10. The van der Waals surface area contributed by atoms with E-state index in [4.69, 9.17) is 14.2 Å². The van der Waals surface area contributed by atoms with E-state index in [9.17, 15) is 9.59 Å². The van der Waals surface area contributed by atoms with Crippen LogP contribution in [0, 0.1) is 13.8 Å². The van der Waals surface area contributed by atoms with Gasteiger partial charge in [0.2, 0.25) is 17.6 Å². The van der Waals surface area contributed by atoms with Gasteiger partial charge in [0.25, 0.3) is 11.8 Å². The highest BCUT2D eigenvalue weighted by molar-refractivity contribution is 6.06. The minimum atomic E-state index is -0.279. The fourth-order valence-corrected chi connectivity index (χ4v) is 5.47. The summed E-state index contributed by atoms with van der Waals surface area (Å²) in [6.45, 7) is 5.41. The second-order valence-corrected chi connectivity index (χ2v) is 11.7. The zero-order valence-corrected chi connectivity index (χ0v) is 25.3. The van der Waals surface area contributed by atoms with Crippen molar-refractivity contribution in [3.8, 4) is 17.1 Å². The van der Waals surface area contributed by atoms with Crippen LogP contribution >= 0.6 is 0 Å². The number of hydrogen-bond donors (Lipinski definition) is 4. The Labute approximate surface area is 258 Å². The maximum Gasteiger partial charge on any atom is 0.290 e. The van der Waals surface area contributed by atoms with Crippen molar-refractivity contribution in [3.05, 3.63) is 59.7 Å². The third kappa shape index (κ3) is 6.22. The minimum Gasteiger partial charge on any atom is -0.471 e. The summed E-state index contributed by atoms with van der Waals surface area (Å²) < 4.78 is 12.9. The number of hydrogen-bond acceptors (Lipinski definition) is 10. The van der Waals surface area contributed by atoms with Crippen molar-refractivity contribution in [2.75, 3.05) is 30.3 Å². The molecule has 1 atom stereocenters. The SMILES string of the molecule is Cc1cnc(Nc2cc(C)n(C)n2)nc1-c1c[nH]c2c(NC(=O)CN3CCC(Oc4cc(C(=O)NC5CC5)on4)C3)cccc12. The van der Waals surface area contributed by atoms with E-state index in [1.165, 1.54) is 6.07 Å². The number of carbonyl (C=O) groups excluding carboxylic acids is 2. The monoisotopic (exact) mass is 610 g/mol. The largest absolute Gasteiger partial charge is 0.471 e. The fraction of sp³-hybridized carbons (Fsp3) is 0.355. The number of likely N-dealkylation sites (tertiary alicyclic amines) is 1. The molecule has 5 heterocycles. The van der Waals surface area contributed by atoms with Crippen LogP contribution in [-0.4, -0.2) is 78.4 Å². The van der Waals surface area contributed by atoms with E-state index in [1.807, 2.05) is 56.3 Å². The van der Waals surface area contributed by atoms with Crippen LogP contribution in [0.5, 0.6) is 5.88 Å². The maximum absolute atomic E-state index is 13.1. The molecule has 0 spiro atoms. The molecule has 1 saturated carbocycles. The standard InChI is InChI=1S/C31H34N10O4/c1-17-13-33-31(36-25-11-18(2)40(3)38-25)37-28(17)22-14-32-29-21(22)5-4-6-23(29)35-26(42)16-41-10-9-20(15-41)44-27-12-24(45-39-27)30(43)34-19-7-8-19/h4-6,11-14,19-20,32H,7-10,15-16H2,1-3H3,(H,34,43)(H,35,42)(H,33,36,37,38). The first-order valence-electron chi connectivity index (χ1n) is 15.0. The first-order chi connectivity index (χ1) is 21.8. The van der Waals surface area contributed by atoms with E-state index >= 15 is 0 Å². The highest BCUT2D eigenvalue weighted by atomic mass is 16.5. The lowest BCUT2D eigenvalue weighted by atomic mass is 10.1. The van der Waals surface area contributed by atoms with Crippen molar-refractivity contribution >= 4 is 40.2 Å². The number of carbonyl (C=O) groups is 2. The van der Waals surface area contributed by atoms with Crippen molar-refractivity contribution in [2.45, 2.75) is 45.3 Å². The molecular formula is C31H34N10O4. The van der Waals surface area contributed by atoms with E-state index in [-0.39, 0.29) is 42.1 Å². The molecule has 4 N–H and O–H groups in total. The summed E-state index contributed by atoms with van der Waals surface area (Å²) in [7, 11) is 1.88. The van der Waals surface area contributed by atoms with E-state index < -0.39 is 0 Å². The second-order valence-electron chi connectivity index (χ2n) is 11.7. The molecule has 45 heavy (non-hydrogen) atoms. The average Bonchev–Trinajstić information content (AvgIpc) is 3.35. The van der Waals surface area contributed by atoms with Gasteiger partial charge in [-0.15, -0.1) is 0 Å². The number of aryl methyl sites for hydroxylation is 3. The Morgan fingerprint density at radius 2 is 2.04 bits per heavy atom. The first kappa shape index (κ1) is 28.5. The lowest BCUT2D eigenvalue weighted by molar-refractivity contribution is -0.117. The molecule has 0 radical (unpaired) electrons. The average molecular weight is 611 g/mol. The van der Waals surface area contributed by atoms with Gasteiger partial charge in [-0.05, 0) is 49.9 Å². The van der Waals surface area contributed by atoms with Gasteiger partial charge in [-0.2, -0.15) is 5.10 Å². The number of nitrogens with zero attached hydrogens (tertiary/aromatic N) is 6. The fourth-order valence-electron chi connectivity index (χ4n) is 5.47. The van der Waals surface area contributed by atoms with Crippen LogP contribution in [0.2, 0.25) is 0 Å². The minimum absolute atomic E-state index is 0.130. The number of para-hydroxylation sites is 1. The van der Waals surface area contributed by atoms with Crippen LogP contribution in [0.1, 0.15) is 41.1 Å². The predicted octanol–water partition coefficient (Wildman–Crippen LogP) is 3.69. The number of H-pyrrole nitrogens is 1. The van der Waals surface area contributed by atoms with Gasteiger partial charge in [0.1, 0.15) is 6.10 Å². The van der Waals surface area contributed by atoms with Gasteiger partial charge in [0.05, 0.1) is 29.5 Å². The lowest BCUT2D eigenvalue weighted by Crippen LogP contribution is -2.33. The van der Waals surface area contributed by atoms with Crippen LogP contribution in [0.4, 0.5) is 17.5 Å². The summed E-state index contributed by atoms with van der Waals surface area (Å²) in [4.78, 5) is 39.9. The van der Waals surface area contributed by atoms with Gasteiger partial charge in [0, 0.05) is 61.3 Å². The topological polar surface area (TPSA) is 168 Å². The Morgan fingerprint density at radius 3 is 2.84 bits per heavy atom. The highest BCUT2D eigenvalue weighted by Crippen LogP contribution is 2.33. The van der Waals surface area contributed by atoms with Crippen molar-refractivity contribution in [1.29, 1.82) is 0 Å². The number of nitrogens with one attached hydrogen (secondary N) is 4. The molecule has 2 fully saturated rings. The molecule has 7 rings (SSSR count). The summed E-state index contributed by atoms with van der Waals surface area (Å²) in [5.41, 5.74) is 5.11. The normalized spacial score (nSPS) is 16.6. The summed E-state index contributed by atoms with van der Waals surface area (Å²) in [6, 6.07) is 9.47. The second kappa shape index (κ2) is 11.7. The molecule has 1 saturated heterocycles. The summed E-state index contributed by atoms with van der Waals surface area (Å²) in [5, 5.41) is 18.4. The molecular weight excluding hydrogens is 576 g/mol. The van der Waals surface area contributed by atoms with E-state index in [0.717, 1.165) is 52.7 Å².